The zero-order valence-corrected chi connectivity index (χ0v) is 12.5. The first-order valence-electron chi connectivity index (χ1n) is 6.88. The van der Waals surface area contributed by atoms with E-state index in [0.717, 1.165) is 5.56 Å². The molecule has 0 bridgehead atoms. The van der Waals surface area contributed by atoms with Crippen LogP contribution in [0.1, 0.15) is 26.3 Å². The summed E-state index contributed by atoms with van der Waals surface area (Å²) in [6.07, 6.45) is 0. The number of anilines is 1. The third-order valence-electron chi connectivity index (χ3n) is 3.43. The van der Waals surface area contributed by atoms with Crippen molar-refractivity contribution >= 4 is 17.6 Å². The summed E-state index contributed by atoms with van der Waals surface area (Å²) in [5.41, 5.74) is 5.94. The van der Waals surface area contributed by atoms with Gasteiger partial charge in [0.05, 0.1) is 12.3 Å². The van der Waals surface area contributed by atoms with Crippen molar-refractivity contribution in [3.63, 3.8) is 0 Å². The van der Waals surface area contributed by atoms with Gasteiger partial charge in [0, 0.05) is 6.54 Å². The second-order valence-electron chi connectivity index (χ2n) is 5.30. The molecule has 0 aliphatic carbocycles. The van der Waals surface area contributed by atoms with E-state index in [-0.39, 0.29) is 19.1 Å². The molecule has 0 saturated heterocycles. The molecule has 0 spiro atoms. The van der Waals surface area contributed by atoms with Gasteiger partial charge in [0.25, 0.3) is 5.91 Å². The van der Waals surface area contributed by atoms with Crippen molar-refractivity contribution in [2.45, 2.75) is 32.9 Å². The number of esters is 1. The van der Waals surface area contributed by atoms with E-state index < -0.39 is 11.5 Å². The summed E-state index contributed by atoms with van der Waals surface area (Å²) in [5, 5.41) is 0. The molecular weight excluding hydrogens is 272 g/mol. The standard InChI is InChI=1S/C15H20N2O4/c1-4-20-14(19)15(2,3)17-11-7-10(8-16)5-6-12(11)21-9-13(17)18/h5-7H,4,8-9,16H2,1-3H3. The number of hydrogen-bond acceptors (Lipinski definition) is 5. The van der Waals surface area contributed by atoms with Gasteiger partial charge in [-0.05, 0) is 38.5 Å². The lowest BCUT2D eigenvalue weighted by Crippen LogP contribution is -2.57. The fraction of sp³-hybridized carbons (Fsp3) is 0.467. The largest absolute Gasteiger partial charge is 0.482 e. The van der Waals surface area contributed by atoms with E-state index in [2.05, 4.69) is 0 Å². The fourth-order valence-electron chi connectivity index (χ4n) is 2.34. The highest BCUT2D eigenvalue weighted by Gasteiger charge is 2.43. The third-order valence-corrected chi connectivity index (χ3v) is 3.43. The number of amides is 1. The van der Waals surface area contributed by atoms with E-state index in [1.54, 1.807) is 32.9 Å². The molecular formula is C15H20N2O4. The van der Waals surface area contributed by atoms with Crippen molar-refractivity contribution in [3.8, 4) is 5.75 Å². The summed E-state index contributed by atoms with van der Waals surface area (Å²) in [6.45, 7) is 5.55. The van der Waals surface area contributed by atoms with E-state index in [1.165, 1.54) is 4.90 Å². The van der Waals surface area contributed by atoms with Gasteiger partial charge in [-0.2, -0.15) is 0 Å². The lowest BCUT2D eigenvalue weighted by atomic mass is 9.99. The van der Waals surface area contributed by atoms with Gasteiger partial charge < -0.3 is 15.2 Å². The molecule has 1 amide bonds. The van der Waals surface area contributed by atoms with Crippen LogP contribution in [0.15, 0.2) is 18.2 Å². The first kappa shape index (κ1) is 15.3. The van der Waals surface area contributed by atoms with Crippen LogP contribution in [0, 0.1) is 0 Å². The minimum Gasteiger partial charge on any atom is -0.482 e. The third kappa shape index (κ3) is 2.71. The Morgan fingerprint density at radius 3 is 2.81 bits per heavy atom. The Hall–Kier alpha value is -2.08. The summed E-state index contributed by atoms with van der Waals surface area (Å²) >= 11 is 0. The molecule has 1 aliphatic heterocycles. The Morgan fingerprint density at radius 1 is 1.48 bits per heavy atom. The number of nitrogens with two attached hydrogens (primary N) is 1. The Morgan fingerprint density at radius 2 is 2.19 bits per heavy atom. The molecule has 1 heterocycles. The normalized spacial score (nSPS) is 14.5. The van der Waals surface area contributed by atoms with Crippen LogP contribution >= 0.6 is 0 Å². The minimum absolute atomic E-state index is 0.0994. The highest BCUT2D eigenvalue weighted by Crippen LogP contribution is 2.37. The average molecular weight is 292 g/mol. The number of nitrogens with zero attached hydrogens (tertiary/aromatic N) is 1. The topological polar surface area (TPSA) is 81.9 Å². The molecule has 0 fully saturated rings. The molecule has 6 nitrogen and oxygen atoms in total. The molecule has 2 N–H and O–H groups in total. The number of carbonyl (C=O) groups is 2. The SMILES string of the molecule is CCOC(=O)C(C)(C)N1C(=O)COc2ccc(CN)cc21. The van der Waals surface area contributed by atoms with Crippen LogP contribution in [-0.4, -0.2) is 30.6 Å². The Balaban J connectivity index is 2.48. The van der Waals surface area contributed by atoms with Crippen molar-refractivity contribution in [1.82, 2.24) is 0 Å². The van der Waals surface area contributed by atoms with Crippen molar-refractivity contribution in [1.29, 1.82) is 0 Å². The number of ether oxygens (including phenoxy) is 2. The van der Waals surface area contributed by atoms with Gasteiger partial charge in [-0.3, -0.25) is 9.69 Å². The first-order chi connectivity index (χ1) is 9.91. The molecule has 6 heteroatoms. The number of carbonyl (C=O) groups excluding carboxylic acids is 2. The minimum atomic E-state index is -1.11. The van der Waals surface area contributed by atoms with Gasteiger partial charge in [0.2, 0.25) is 0 Å². The van der Waals surface area contributed by atoms with Crippen molar-refractivity contribution in [2.75, 3.05) is 18.1 Å². The summed E-state index contributed by atoms with van der Waals surface area (Å²) in [5.74, 6) is -0.178. The lowest BCUT2D eigenvalue weighted by Gasteiger charge is -2.39. The lowest BCUT2D eigenvalue weighted by molar-refractivity contribution is -0.150. The van der Waals surface area contributed by atoms with Gasteiger partial charge in [-0.25, -0.2) is 4.79 Å². The molecule has 1 aromatic carbocycles. The highest BCUT2D eigenvalue weighted by atomic mass is 16.5. The van der Waals surface area contributed by atoms with Gasteiger partial charge in [0.1, 0.15) is 11.3 Å². The maximum Gasteiger partial charge on any atom is 0.331 e. The van der Waals surface area contributed by atoms with Gasteiger partial charge >= 0.3 is 5.97 Å². The van der Waals surface area contributed by atoms with Crippen molar-refractivity contribution in [2.24, 2.45) is 5.73 Å². The fourth-order valence-corrected chi connectivity index (χ4v) is 2.34. The van der Waals surface area contributed by atoms with Gasteiger partial charge in [-0.15, -0.1) is 0 Å². The van der Waals surface area contributed by atoms with Crippen LogP contribution in [-0.2, 0) is 20.9 Å². The second kappa shape index (κ2) is 5.73. The van der Waals surface area contributed by atoms with Gasteiger partial charge in [-0.1, -0.05) is 6.07 Å². The number of benzene rings is 1. The van der Waals surface area contributed by atoms with E-state index in [4.69, 9.17) is 15.2 Å². The molecule has 0 radical (unpaired) electrons. The van der Waals surface area contributed by atoms with Crippen LogP contribution in [0.25, 0.3) is 0 Å². The van der Waals surface area contributed by atoms with E-state index in [0.29, 0.717) is 18.0 Å². The van der Waals surface area contributed by atoms with Gasteiger partial charge in [0.15, 0.2) is 6.61 Å². The number of hydrogen-bond donors (Lipinski definition) is 1. The Labute approximate surface area is 123 Å². The van der Waals surface area contributed by atoms with Crippen LogP contribution in [0.5, 0.6) is 5.75 Å². The highest BCUT2D eigenvalue weighted by molar-refractivity contribution is 6.04. The first-order valence-corrected chi connectivity index (χ1v) is 6.88. The Bertz CT molecular complexity index is 569. The van der Waals surface area contributed by atoms with Crippen LogP contribution in [0.3, 0.4) is 0 Å². The molecule has 0 atom stereocenters. The molecule has 21 heavy (non-hydrogen) atoms. The second-order valence-corrected chi connectivity index (χ2v) is 5.30. The molecule has 114 valence electrons. The predicted octanol–water partition coefficient (Wildman–Crippen LogP) is 1.21. The zero-order chi connectivity index (χ0) is 15.6. The quantitative estimate of drug-likeness (QED) is 0.844. The van der Waals surface area contributed by atoms with Crippen molar-refractivity contribution < 1.29 is 19.1 Å². The molecule has 2 rings (SSSR count). The molecule has 0 unspecified atom stereocenters. The predicted molar refractivity (Wildman–Crippen MR) is 78.0 cm³/mol. The monoisotopic (exact) mass is 292 g/mol. The van der Waals surface area contributed by atoms with Crippen LogP contribution in [0.4, 0.5) is 5.69 Å². The number of rotatable bonds is 4. The maximum absolute atomic E-state index is 12.3. The van der Waals surface area contributed by atoms with Crippen LogP contribution in [0.2, 0.25) is 0 Å². The smallest absolute Gasteiger partial charge is 0.331 e. The summed E-state index contributed by atoms with van der Waals surface area (Å²) in [7, 11) is 0. The summed E-state index contributed by atoms with van der Waals surface area (Å²) < 4.78 is 10.5. The Kier molecular flexibility index (Phi) is 4.18. The van der Waals surface area contributed by atoms with E-state index in [9.17, 15) is 9.59 Å². The van der Waals surface area contributed by atoms with E-state index in [1.807, 2.05) is 6.07 Å². The summed E-state index contributed by atoms with van der Waals surface area (Å²) in [4.78, 5) is 25.9. The molecule has 0 aromatic heterocycles. The molecule has 0 saturated carbocycles. The average Bonchev–Trinajstić information content (AvgIpc) is 2.46. The zero-order valence-electron chi connectivity index (χ0n) is 12.5. The van der Waals surface area contributed by atoms with Crippen molar-refractivity contribution in [3.05, 3.63) is 23.8 Å². The maximum atomic E-state index is 12.3. The summed E-state index contributed by atoms with van der Waals surface area (Å²) in [6, 6.07) is 5.37. The van der Waals surface area contributed by atoms with E-state index >= 15 is 0 Å². The van der Waals surface area contributed by atoms with Crippen LogP contribution < -0.4 is 15.4 Å². The molecule has 1 aromatic rings. The number of fused-ring (bicyclic) bond motifs is 1. The molecule has 1 aliphatic rings.